The lowest BCUT2D eigenvalue weighted by Crippen LogP contribution is -2.35. The number of hydrogen-bond donors (Lipinski definition) is 3. The summed E-state index contributed by atoms with van der Waals surface area (Å²) in [5.41, 5.74) is 0.365. The van der Waals surface area contributed by atoms with Gasteiger partial charge in [-0.05, 0) is 24.1 Å². The van der Waals surface area contributed by atoms with Crippen molar-refractivity contribution in [1.29, 1.82) is 0 Å². The fourth-order valence-electron chi connectivity index (χ4n) is 1.61. The van der Waals surface area contributed by atoms with Gasteiger partial charge in [-0.25, -0.2) is 4.79 Å². The molecule has 1 rings (SSSR count). The minimum atomic E-state index is -0.985. The lowest BCUT2D eigenvalue weighted by molar-refractivity contribution is -0.138. The average Bonchev–Trinajstić information content (AvgIpc) is 2.31. The SMILES string of the molecule is CC(CC(=O)O)CC(=O)NC(=O)Nc1ccc(Br)cc1Cl. The van der Waals surface area contributed by atoms with Gasteiger partial charge in [0.05, 0.1) is 10.7 Å². The molecule has 3 amide bonds. The molecule has 1 aromatic carbocycles. The highest BCUT2D eigenvalue weighted by molar-refractivity contribution is 9.10. The largest absolute Gasteiger partial charge is 0.481 e. The molecular weight excluding hydrogens is 364 g/mol. The number of amides is 3. The minimum absolute atomic E-state index is 0.0478. The number of imide groups is 1. The first-order chi connectivity index (χ1) is 9.77. The second-order valence-corrected chi connectivity index (χ2v) is 5.86. The van der Waals surface area contributed by atoms with Gasteiger partial charge >= 0.3 is 12.0 Å². The fourth-order valence-corrected chi connectivity index (χ4v) is 2.33. The van der Waals surface area contributed by atoms with Gasteiger partial charge in [-0.3, -0.25) is 14.9 Å². The second-order valence-electron chi connectivity index (χ2n) is 4.53. The number of carboxylic acids is 1. The van der Waals surface area contributed by atoms with Crippen LogP contribution >= 0.6 is 27.5 Å². The number of carbonyl (C=O) groups excluding carboxylic acids is 2. The molecule has 6 nitrogen and oxygen atoms in total. The van der Waals surface area contributed by atoms with Crippen LogP contribution in [-0.4, -0.2) is 23.0 Å². The summed E-state index contributed by atoms with van der Waals surface area (Å²) >= 11 is 9.16. The Bertz CT molecular complexity index is 565. The van der Waals surface area contributed by atoms with Crippen LogP contribution in [0.2, 0.25) is 5.02 Å². The molecule has 114 valence electrons. The van der Waals surface area contributed by atoms with E-state index >= 15 is 0 Å². The van der Waals surface area contributed by atoms with E-state index in [1.807, 2.05) is 0 Å². The molecule has 1 aromatic rings. The number of carboxylic acid groups (broad SMARTS) is 1. The second kappa shape index (κ2) is 7.99. The highest BCUT2D eigenvalue weighted by Crippen LogP contribution is 2.25. The van der Waals surface area contributed by atoms with E-state index < -0.39 is 17.9 Å². The molecule has 0 bridgehead atoms. The first-order valence-corrected chi connectivity index (χ1v) is 7.22. The zero-order chi connectivity index (χ0) is 16.0. The zero-order valence-corrected chi connectivity index (χ0v) is 13.5. The van der Waals surface area contributed by atoms with Crippen LogP contribution in [0.4, 0.5) is 10.5 Å². The van der Waals surface area contributed by atoms with Crippen LogP contribution in [0.25, 0.3) is 0 Å². The van der Waals surface area contributed by atoms with Crippen molar-refractivity contribution in [3.8, 4) is 0 Å². The molecule has 0 saturated heterocycles. The van der Waals surface area contributed by atoms with E-state index in [4.69, 9.17) is 16.7 Å². The third-order valence-electron chi connectivity index (χ3n) is 2.49. The van der Waals surface area contributed by atoms with Crippen molar-refractivity contribution in [3.63, 3.8) is 0 Å². The van der Waals surface area contributed by atoms with Crippen molar-refractivity contribution in [3.05, 3.63) is 27.7 Å². The number of anilines is 1. The van der Waals surface area contributed by atoms with E-state index in [1.54, 1.807) is 25.1 Å². The molecule has 0 fully saturated rings. The van der Waals surface area contributed by atoms with Gasteiger partial charge in [0.2, 0.25) is 5.91 Å². The summed E-state index contributed by atoms with van der Waals surface area (Å²) in [6.07, 6.45) is -0.179. The number of hydrogen-bond acceptors (Lipinski definition) is 3. The van der Waals surface area contributed by atoms with Crippen molar-refractivity contribution in [2.75, 3.05) is 5.32 Å². The fraction of sp³-hybridized carbons (Fsp3) is 0.308. The monoisotopic (exact) mass is 376 g/mol. The van der Waals surface area contributed by atoms with Crippen molar-refractivity contribution in [1.82, 2.24) is 5.32 Å². The number of benzene rings is 1. The Morgan fingerprint density at radius 2 is 2.00 bits per heavy atom. The zero-order valence-electron chi connectivity index (χ0n) is 11.2. The highest BCUT2D eigenvalue weighted by Gasteiger charge is 2.15. The smallest absolute Gasteiger partial charge is 0.325 e. The number of rotatable bonds is 5. The molecule has 0 aliphatic carbocycles. The first-order valence-electron chi connectivity index (χ1n) is 6.05. The van der Waals surface area contributed by atoms with Gasteiger partial charge in [-0.15, -0.1) is 0 Å². The van der Waals surface area contributed by atoms with Gasteiger partial charge < -0.3 is 10.4 Å². The Kier molecular flexibility index (Phi) is 6.64. The van der Waals surface area contributed by atoms with Crippen molar-refractivity contribution >= 4 is 51.1 Å². The van der Waals surface area contributed by atoms with Gasteiger partial charge in [0.15, 0.2) is 0 Å². The van der Waals surface area contributed by atoms with Crippen molar-refractivity contribution in [2.45, 2.75) is 19.8 Å². The van der Waals surface area contributed by atoms with E-state index in [0.717, 1.165) is 4.47 Å². The molecule has 1 unspecified atom stereocenters. The standard InChI is InChI=1S/C13H14BrClN2O4/c1-7(5-12(19)20)4-11(18)17-13(21)16-10-3-2-8(14)6-9(10)15/h2-3,6-7H,4-5H2,1H3,(H,19,20)(H2,16,17,18,21). The summed E-state index contributed by atoms with van der Waals surface area (Å²) in [5, 5.41) is 13.5. The van der Waals surface area contributed by atoms with Crippen LogP contribution in [0, 0.1) is 5.92 Å². The van der Waals surface area contributed by atoms with E-state index in [9.17, 15) is 14.4 Å². The van der Waals surface area contributed by atoms with E-state index in [0.29, 0.717) is 10.7 Å². The summed E-state index contributed by atoms with van der Waals surface area (Å²) in [6, 6.07) is 4.17. The van der Waals surface area contributed by atoms with Crippen LogP contribution in [-0.2, 0) is 9.59 Å². The maximum Gasteiger partial charge on any atom is 0.325 e. The number of urea groups is 1. The van der Waals surface area contributed by atoms with Crippen LogP contribution < -0.4 is 10.6 Å². The molecule has 3 N–H and O–H groups in total. The maximum absolute atomic E-state index is 11.6. The molecule has 0 aromatic heterocycles. The van der Waals surface area contributed by atoms with Gasteiger partial charge in [-0.1, -0.05) is 34.5 Å². The summed E-state index contributed by atoms with van der Waals surface area (Å²) < 4.78 is 0.761. The van der Waals surface area contributed by atoms with E-state index in [-0.39, 0.29) is 18.8 Å². The summed E-state index contributed by atoms with van der Waals surface area (Å²) in [5.74, 6) is -1.89. The molecule has 0 aliphatic rings. The molecule has 21 heavy (non-hydrogen) atoms. The predicted octanol–water partition coefficient (Wildman–Crippen LogP) is 3.25. The van der Waals surface area contributed by atoms with Gasteiger partial charge in [-0.2, -0.15) is 0 Å². The van der Waals surface area contributed by atoms with Crippen LogP contribution in [0.1, 0.15) is 19.8 Å². The molecule has 0 saturated carbocycles. The minimum Gasteiger partial charge on any atom is -0.481 e. The molecule has 1 atom stereocenters. The van der Waals surface area contributed by atoms with Gasteiger partial charge in [0.25, 0.3) is 0 Å². The topological polar surface area (TPSA) is 95.5 Å². The summed E-state index contributed by atoms with van der Waals surface area (Å²) in [7, 11) is 0. The van der Waals surface area contributed by atoms with E-state index in [2.05, 4.69) is 26.6 Å². The molecule has 0 aliphatic heterocycles. The highest BCUT2D eigenvalue weighted by atomic mass is 79.9. The number of halogens is 2. The molecule has 8 heteroatoms. The maximum atomic E-state index is 11.6. The number of aliphatic carboxylic acids is 1. The average molecular weight is 378 g/mol. The van der Waals surface area contributed by atoms with Crippen molar-refractivity contribution < 1.29 is 19.5 Å². The molecule has 0 radical (unpaired) electrons. The first kappa shape index (κ1) is 17.5. The normalized spacial score (nSPS) is 11.6. The number of nitrogens with one attached hydrogen (secondary N) is 2. The predicted molar refractivity (Wildman–Crippen MR) is 82.3 cm³/mol. The van der Waals surface area contributed by atoms with Crippen LogP contribution in [0.15, 0.2) is 22.7 Å². The quantitative estimate of drug-likeness (QED) is 0.734. The Labute approximate surface area is 135 Å². The number of carbonyl (C=O) groups is 3. The van der Waals surface area contributed by atoms with Gasteiger partial charge in [0, 0.05) is 17.3 Å². The van der Waals surface area contributed by atoms with Crippen molar-refractivity contribution in [2.24, 2.45) is 5.92 Å². The third-order valence-corrected chi connectivity index (χ3v) is 3.30. The lowest BCUT2D eigenvalue weighted by atomic mass is 10.0. The molecular formula is C13H14BrClN2O4. The van der Waals surface area contributed by atoms with E-state index in [1.165, 1.54) is 0 Å². The third kappa shape index (κ3) is 6.59. The van der Waals surface area contributed by atoms with Crippen LogP contribution in [0.3, 0.4) is 0 Å². The summed E-state index contributed by atoms with van der Waals surface area (Å²) in [4.78, 5) is 33.7. The van der Waals surface area contributed by atoms with Gasteiger partial charge in [0.1, 0.15) is 0 Å². The molecule has 0 spiro atoms. The Balaban J connectivity index is 2.49. The lowest BCUT2D eigenvalue weighted by Gasteiger charge is -2.10. The Hall–Kier alpha value is -1.60. The Morgan fingerprint density at radius 3 is 2.57 bits per heavy atom. The summed E-state index contributed by atoms with van der Waals surface area (Å²) in [6.45, 7) is 1.62. The van der Waals surface area contributed by atoms with Crippen LogP contribution in [0.5, 0.6) is 0 Å². The Morgan fingerprint density at radius 1 is 1.33 bits per heavy atom. The molecule has 0 heterocycles.